The van der Waals surface area contributed by atoms with Gasteiger partial charge in [-0.05, 0) is 75.0 Å². The fraction of sp³-hybridized carbons (Fsp3) is 0.881. The average molecular weight is 731 g/mol. The molecule has 5 rings (SSSR count). The summed E-state index contributed by atoms with van der Waals surface area (Å²) in [4.78, 5) is 64.9. The largest absolute Gasteiger partial charge is 0.462 e. The van der Waals surface area contributed by atoms with Crippen molar-refractivity contribution in [3.8, 4) is 0 Å². The maximum Gasteiger partial charge on any atom is 0.306 e. The van der Waals surface area contributed by atoms with E-state index in [4.69, 9.17) is 23.7 Å². The molecule has 1 saturated heterocycles. The second kappa shape index (κ2) is 13.7. The first-order valence-corrected chi connectivity index (χ1v) is 20.1. The predicted octanol–water partition coefficient (Wildman–Crippen LogP) is 7.85. The molecule has 0 radical (unpaired) electrons. The molecular formula is C42H66O10. The highest BCUT2D eigenvalue weighted by molar-refractivity contribution is 5.85. The van der Waals surface area contributed by atoms with Crippen LogP contribution in [0.15, 0.2) is 0 Å². The van der Waals surface area contributed by atoms with Crippen molar-refractivity contribution >= 4 is 29.7 Å². The van der Waals surface area contributed by atoms with Crippen molar-refractivity contribution in [2.24, 2.45) is 39.4 Å². The van der Waals surface area contributed by atoms with Gasteiger partial charge in [-0.15, -0.1) is 0 Å². The molecule has 0 bridgehead atoms. The second-order valence-corrected chi connectivity index (χ2v) is 18.6. The molecule has 0 unspecified atom stereocenters. The van der Waals surface area contributed by atoms with E-state index in [2.05, 4.69) is 41.5 Å². The van der Waals surface area contributed by atoms with Crippen molar-refractivity contribution in [3.63, 3.8) is 0 Å². The number of ketones is 1. The molecule has 0 aromatic carbocycles. The van der Waals surface area contributed by atoms with Crippen LogP contribution in [-0.4, -0.2) is 64.8 Å². The van der Waals surface area contributed by atoms with Crippen molar-refractivity contribution < 1.29 is 47.7 Å². The van der Waals surface area contributed by atoms with Crippen LogP contribution in [0.5, 0.6) is 0 Å². The molecule has 5 aliphatic rings. The van der Waals surface area contributed by atoms with Crippen LogP contribution in [0.3, 0.4) is 0 Å². The standard InChI is InChI=1S/C42H66O10/c1-13-30(44)48-26(35(50-32(46)15-3)37(8,9)51-33(47)16-4)23-25(5)41-22-21-40(12)39(11)20-17-28-36(6,7)29(43)18-19-38(28,10)34(39)27(49-31(45)14-2)24-42(40,41)52-41/h25-28,34-35H,13-24H2,1-12H3/t25-,26+,27+,28+,34+,35-,38+,39+,40-,41-,42-/m1/s1. The minimum absolute atomic E-state index is 0.0534. The number of hydrogen-bond acceptors (Lipinski definition) is 10. The number of hydrogen-bond donors (Lipinski definition) is 0. The summed E-state index contributed by atoms with van der Waals surface area (Å²) < 4.78 is 31.6. The number of epoxide rings is 1. The molecule has 0 N–H and O–H groups in total. The number of ether oxygens (including phenoxy) is 5. The molecule has 0 aromatic heterocycles. The molecule has 4 saturated carbocycles. The zero-order chi connectivity index (χ0) is 38.9. The van der Waals surface area contributed by atoms with Crippen LogP contribution in [0.25, 0.3) is 0 Å². The summed E-state index contributed by atoms with van der Waals surface area (Å²) in [7, 11) is 0. The van der Waals surface area contributed by atoms with Crippen LogP contribution in [0.4, 0.5) is 0 Å². The predicted molar refractivity (Wildman–Crippen MR) is 194 cm³/mol. The highest BCUT2D eigenvalue weighted by Gasteiger charge is 2.89. The van der Waals surface area contributed by atoms with Gasteiger partial charge in [0.2, 0.25) is 0 Å². The first kappa shape index (κ1) is 40.7. The quantitative estimate of drug-likeness (QED) is 0.105. The lowest BCUT2D eigenvalue weighted by atomic mass is 9.34. The SMILES string of the molecule is CCC(=O)O[C@@H](C[C@@H](C)[C@]12CC[C@@]3(C)[C@@]1(C[C@H](OC(=O)CC)[C@H]1[C@@]4(C)CCC(=O)C(C)(C)[C@@H]4CC[C@@]13C)O2)[C@@H](OC(=O)CC)C(C)(C)OC(=O)CC. The summed E-state index contributed by atoms with van der Waals surface area (Å²) in [5, 5.41) is 0. The number of carbonyl (C=O) groups is 5. The van der Waals surface area contributed by atoms with Crippen molar-refractivity contribution in [2.45, 2.75) is 195 Å². The lowest BCUT2D eigenvalue weighted by Gasteiger charge is -2.69. The van der Waals surface area contributed by atoms with Crippen LogP contribution < -0.4 is 0 Å². The number of rotatable bonds is 13. The molecule has 294 valence electrons. The molecular weight excluding hydrogens is 664 g/mol. The van der Waals surface area contributed by atoms with Gasteiger partial charge in [0.1, 0.15) is 34.8 Å². The molecule has 4 aliphatic carbocycles. The number of fused-ring (bicyclic) bond motifs is 4. The Labute approximate surface area is 311 Å². The van der Waals surface area contributed by atoms with Gasteiger partial charge in [0, 0.05) is 55.3 Å². The fourth-order valence-corrected chi connectivity index (χ4v) is 12.5. The molecule has 0 amide bonds. The lowest BCUT2D eigenvalue weighted by molar-refractivity contribution is -0.248. The van der Waals surface area contributed by atoms with Crippen LogP contribution in [0.2, 0.25) is 0 Å². The maximum absolute atomic E-state index is 13.3. The van der Waals surface area contributed by atoms with E-state index >= 15 is 0 Å². The second-order valence-electron chi connectivity index (χ2n) is 18.6. The van der Waals surface area contributed by atoms with E-state index in [1.165, 1.54) is 0 Å². The minimum Gasteiger partial charge on any atom is -0.462 e. The average Bonchev–Trinajstić information content (AvgIpc) is 3.67. The molecule has 5 fully saturated rings. The molecule has 0 aromatic rings. The first-order valence-electron chi connectivity index (χ1n) is 20.1. The van der Waals surface area contributed by atoms with Gasteiger partial charge in [-0.3, -0.25) is 24.0 Å². The van der Waals surface area contributed by atoms with E-state index in [0.717, 1.165) is 32.1 Å². The van der Waals surface area contributed by atoms with Gasteiger partial charge in [-0.25, -0.2) is 0 Å². The van der Waals surface area contributed by atoms with E-state index in [0.29, 0.717) is 25.0 Å². The molecule has 1 spiro atoms. The summed E-state index contributed by atoms with van der Waals surface area (Å²) >= 11 is 0. The Balaban J connectivity index is 1.54. The Kier molecular flexibility index (Phi) is 10.7. The van der Waals surface area contributed by atoms with E-state index in [1.54, 1.807) is 34.6 Å². The van der Waals surface area contributed by atoms with Crippen molar-refractivity contribution in [3.05, 3.63) is 0 Å². The van der Waals surface area contributed by atoms with Crippen LogP contribution in [0.1, 0.15) is 160 Å². The van der Waals surface area contributed by atoms with Crippen molar-refractivity contribution in [1.29, 1.82) is 0 Å². The Morgan fingerprint density at radius 1 is 0.827 bits per heavy atom. The third-order valence-electron chi connectivity index (χ3n) is 15.4. The third-order valence-corrected chi connectivity index (χ3v) is 15.4. The molecule has 11 atom stereocenters. The smallest absolute Gasteiger partial charge is 0.306 e. The third kappa shape index (κ3) is 5.94. The fourth-order valence-electron chi connectivity index (χ4n) is 12.5. The summed E-state index contributed by atoms with van der Waals surface area (Å²) in [6, 6.07) is 0. The Hall–Kier alpha value is -2.49. The maximum atomic E-state index is 13.3. The van der Waals surface area contributed by atoms with E-state index in [-0.39, 0.29) is 71.8 Å². The molecule has 1 aliphatic heterocycles. The van der Waals surface area contributed by atoms with Gasteiger partial charge in [-0.1, -0.05) is 69.2 Å². The van der Waals surface area contributed by atoms with Gasteiger partial charge in [-0.2, -0.15) is 0 Å². The van der Waals surface area contributed by atoms with Gasteiger partial charge < -0.3 is 23.7 Å². The van der Waals surface area contributed by atoms with Crippen molar-refractivity contribution in [1.82, 2.24) is 0 Å². The number of carbonyl (C=O) groups excluding carboxylic acids is 5. The van der Waals surface area contributed by atoms with Gasteiger partial charge in [0.05, 0.1) is 0 Å². The van der Waals surface area contributed by atoms with Gasteiger partial charge >= 0.3 is 23.9 Å². The first-order chi connectivity index (χ1) is 24.1. The minimum atomic E-state index is -1.28. The van der Waals surface area contributed by atoms with Crippen LogP contribution in [-0.2, 0) is 47.7 Å². The van der Waals surface area contributed by atoms with Crippen LogP contribution in [0, 0.1) is 39.4 Å². The molecule has 1 heterocycles. The number of esters is 4. The van der Waals surface area contributed by atoms with Crippen molar-refractivity contribution in [2.75, 3.05) is 0 Å². The zero-order valence-electron chi connectivity index (χ0n) is 34.0. The van der Waals surface area contributed by atoms with Crippen LogP contribution >= 0.6 is 0 Å². The molecule has 10 heteroatoms. The monoisotopic (exact) mass is 730 g/mol. The summed E-state index contributed by atoms with van der Waals surface area (Å²) in [5.41, 5.74) is -3.61. The number of Topliss-reactive ketones (excluding diaryl/α,β-unsaturated/α-hetero) is 1. The summed E-state index contributed by atoms with van der Waals surface area (Å²) in [5.74, 6) is -1.19. The highest BCUT2D eigenvalue weighted by Crippen LogP contribution is 2.84. The lowest BCUT2D eigenvalue weighted by Crippen LogP contribution is -2.69. The molecule has 52 heavy (non-hydrogen) atoms. The van der Waals surface area contributed by atoms with E-state index < -0.39 is 52.3 Å². The summed E-state index contributed by atoms with van der Waals surface area (Å²) in [6.07, 6.45) is 4.05. The Morgan fingerprint density at radius 3 is 2.02 bits per heavy atom. The summed E-state index contributed by atoms with van der Waals surface area (Å²) in [6.45, 7) is 23.8. The van der Waals surface area contributed by atoms with Gasteiger partial charge in [0.15, 0.2) is 6.10 Å². The Bertz CT molecular complexity index is 1450. The van der Waals surface area contributed by atoms with Gasteiger partial charge in [0.25, 0.3) is 0 Å². The topological polar surface area (TPSA) is 135 Å². The highest BCUT2D eigenvalue weighted by atomic mass is 16.6. The van der Waals surface area contributed by atoms with E-state index in [9.17, 15) is 24.0 Å². The normalized spacial score (nSPS) is 39.0. The Morgan fingerprint density at radius 2 is 1.42 bits per heavy atom. The zero-order valence-corrected chi connectivity index (χ0v) is 34.0. The van der Waals surface area contributed by atoms with E-state index in [1.807, 2.05) is 6.92 Å². The molecule has 10 nitrogen and oxygen atoms in total.